The molecular formula is C25H13FO5. The Bertz CT molecular complexity index is 1510. The minimum Gasteiger partial charge on any atom is -0.455 e. The summed E-state index contributed by atoms with van der Waals surface area (Å²) >= 11 is 0. The first-order valence-corrected chi connectivity index (χ1v) is 9.66. The molecule has 3 aromatic carbocycles. The van der Waals surface area contributed by atoms with E-state index >= 15 is 0 Å². The second-order valence-corrected chi connectivity index (χ2v) is 7.34. The third-order valence-electron chi connectivity index (χ3n) is 5.58. The van der Waals surface area contributed by atoms with Gasteiger partial charge in [0.05, 0.1) is 27.8 Å². The lowest BCUT2D eigenvalue weighted by atomic mass is 9.83. The molecule has 0 N–H and O–H groups in total. The first-order valence-electron chi connectivity index (χ1n) is 9.66. The van der Waals surface area contributed by atoms with E-state index in [0.29, 0.717) is 39.0 Å². The van der Waals surface area contributed by atoms with Gasteiger partial charge in [0.1, 0.15) is 28.5 Å². The van der Waals surface area contributed by atoms with E-state index in [2.05, 4.69) is 0 Å². The van der Waals surface area contributed by atoms with Gasteiger partial charge in [0.2, 0.25) is 0 Å². The van der Waals surface area contributed by atoms with Crippen LogP contribution in [0.15, 0.2) is 91.2 Å². The van der Waals surface area contributed by atoms with Crippen molar-refractivity contribution < 1.29 is 18.0 Å². The summed E-state index contributed by atoms with van der Waals surface area (Å²) in [4.78, 5) is 26.1. The van der Waals surface area contributed by atoms with E-state index in [4.69, 9.17) is 13.6 Å². The van der Waals surface area contributed by atoms with Crippen LogP contribution in [0.3, 0.4) is 0 Å². The Morgan fingerprint density at radius 3 is 1.65 bits per heavy atom. The maximum Gasteiger partial charge on any atom is 0.344 e. The Labute approximate surface area is 173 Å². The molecule has 5 nitrogen and oxygen atoms in total. The van der Waals surface area contributed by atoms with E-state index in [9.17, 15) is 14.0 Å². The largest absolute Gasteiger partial charge is 0.455 e. The van der Waals surface area contributed by atoms with Gasteiger partial charge in [-0.3, -0.25) is 0 Å². The molecule has 1 aliphatic rings. The van der Waals surface area contributed by atoms with Gasteiger partial charge in [0, 0.05) is 0 Å². The third-order valence-corrected chi connectivity index (χ3v) is 5.58. The van der Waals surface area contributed by atoms with Gasteiger partial charge >= 0.3 is 11.3 Å². The van der Waals surface area contributed by atoms with Crippen molar-refractivity contribution in [2.75, 3.05) is 0 Å². The fourth-order valence-electron chi connectivity index (χ4n) is 4.22. The highest BCUT2D eigenvalue weighted by Gasteiger charge is 2.37. The van der Waals surface area contributed by atoms with Gasteiger partial charge in [-0.25, -0.2) is 14.0 Å². The molecule has 0 fully saturated rings. The van der Waals surface area contributed by atoms with Crippen molar-refractivity contribution in [1.82, 2.24) is 0 Å². The van der Waals surface area contributed by atoms with E-state index in [1.807, 2.05) is 12.1 Å². The second kappa shape index (κ2) is 6.40. The van der Waals surface area contributed by atoms with Crippen LogP contribution in [0.1, 0.15) is 22.6 Å². The Kier molecular flexibility index (Phi) is 3.65. The van der Waals surface area contributed by atoms with Crippen molar-refractivity contribution in [3.63, 3.8) is 0 Å². The molecule has 0 amide bonds. The first kappa shape index (κ1) is 17.7. The van der Waals surface area contributed by atoms with Crippen LogP contribution < -0.4 is 16.0 Å². The topological polar surface area (TPSA) is 69.7 Å². The fourth-order valence-corrected chi connectivity index (χ4v) is 4.22. The van der Waals surface area contributed by atoms with Crippen molar-refractivity contribution in [3.05, 3.63) is 116 Å². The summed E-state index contributed by atoms with van der Waals surface area (Å²) in [6.45, 7) is 0. The quantitative estimate of drug-likeness (QED) is 0.342. The molecule has 0 atom stereocenters. The molecule has 150 valence electrons. The molecule has 0 aliphatic carbocycles. The van der Waals surface area contributed by atoms with E-state index < -0.39 is 23.0 Å². The second-order valence-electron chi connectivity index (χ2n) is 7.34. The molecule has 0 saturated heterocycles. The molecule has 0 bridgehead atoms. The minimum absolute atomic E-state index is 0.181. The predicted octanol–water partition coefficient (Wildman–Crippen LogP) is 5.32. The molecule has 6 rings (SSSR count). The molecule has 5 aromatic rings. The standard InChI is InChI=1S/C25H13FO5/c26-14-11-9-13(10-12-14)19-20-22(15-5-1-3-7-17(15)29-24(20)27)31-23-16-6-2-4-8-18(16)30-25(28)21(19)23/h1-12,19H. The number of halogens is 1. The summed E-state index contributed by atoms with van der Waals surface area (Å²) in [6, 6.07) is 19.7. The van der Waals surface area contributed by atoms with Crippen molar-refractivity contribution in [1.29, 1.82) is 0 Å². The van der Waals surface area contributed by atoms with Gasteiger partial charge < -0.3 is 13.6 Å². The third kappa shape index (κ3) is 2.55. The van der Waals surface area contributed by atoms with Crippen LogP contribution in [0.25, 0.3) is 21.9 Å². The summed E-state index contributed by atoms with van der Waals surface area (Å²) in [5, 5.41) is 1.21. The molecular weight excluding hydrogens is 399 g/mol. The lowest BCUT2D eigenvalue weighted by Crippen LogP contribution is -2.26. The molecule has 3 heterocycles. The highest BCUT2D eigenvalue weighted by molar-refractivity contribution is 5.90. The van der Waals surface area contributed by atoms with Crippen LogP contribution >= 0.6 is 0 Å². The van der Waals surface area contributed by atoms with E-state index in [1.54, 1.807) is 48.5 Å². The smallest absolute Gasteiger partial charge is 0.344 e. The predicted molar refractivity (Wildman–Crippen MR) is 112 cm³/mol. The Balaban J connectivity index is 1.79. The minimum atomic E-state index is -0.832. The average Bonchev–Trinajstić information content (AvgIpc) is 2.79. The van der Waals surface area contributed by atoms with Gasteiger partial charge in [-0.1, -0.05) is 36.4 Å². The van der Waals surface area contributed by atoms with Crippen LogP contribution in [0.4, 0.5) is 4.39 Å². The molecule has 0 spiro atoms. The van der Waals surface area contributed by atoms with Crippen LogP contribution in [0.5, 0.6) is 11.5 Å². The highest BCUT2D eigenvalue weighted by Crippen LogP contribution is 2.49. The van der Waals surface area contributed by atoms with Gasteiger partial charge in [0.15, 0.2) is 0 Å². The number of hydrogen-bond acceptors (Lipinski definition) is 5. The maximum atomic E-state index is 13.6. The number of hydrogen-bond donors (Lipinski definition) is 0. The molecule has 2 aromatic heterocycles. The molecule has 0 unspecified atom stereocenters. The number of rotatable bonds is 1. The van der Waals surface area contributed by atoms with Crippen LogP contribution in [0, 0.1) is 5.82 Å². The average molecular weight is 412 g/mol. The summed E-state index contributed by atoms with van der Waals surface area (Å²) in [7, 11) is 0. The Hall–Kier alpha value is -4.19. The van der Waals surface area contributed by atoms with Gasteiger partial charge in [-0.2, -0.15) is 0 Å². The summed E-state index contributed by atoms with van der Waals surface area (Å²) < 4.78 is 31.0. The molecule has 31 heavy (non-hydrogen) atoms. The van der Waals surface area contributed by atoms with Crippen molar-refractivity contribution in [2.45, 2.75) is 5.92 Å². The first-order chi connectivity index (χ1) is 15.1. The zero-order chi connectivity index (χ0) is 21.1. The lowest BCUT2D eigenvalue weighted by Gasteiger charge is -2.27. The Morgan fingerprint density at radius 1 is 0.645 bits per heavy atom. The molecule has 6 heteroatoms. The molecule has 1 aliphatic heterocycles. The van der Waals surface area contributed by atoms with E-state index in [0.717, 1.165) is 0 Å². The maximum absolute atomic E-state index is 13.6. The van der Waals surface area contributed by atoms with Crippen molar-refractivity contribution in [3.8, 4) is 11.5 Å². The Morgan fingerprint density at radius 2 is 1.13 bits per heavy atom. The monoisotopic (exact) mass is 412 g/mol. The molecule has 0 saturated carbocycles. The normalized spacial score (nSPS) is 13.1. The highest BCUT2D eigenvalue weighted by atomic mass is 19.1. The number of fused-ring (bicyclic) bond motifs is 6. The number of benzene rings is 3. The summed E-state index contributed by atoms with van der Waals surface area (Å²) in [5.74, 6) is -0.609. The fraction of sp³-hybridized carbons (Fsp3) is 0.0400. The molecule has 0 radical (unpaired) electrons. The van der Waals surface area contributed by atoms with Gasteiger partial charge in [0.25, 0.3) is 0 Å². The van der Waals surface area contributed by atoms with Crippen molar-refractivity contribution in [2.24, 2.45) is 0 Å². The lowest BCUT2D eigenvalue weighted by molar-refractivity contribution is 0.429. The van der Waals surface area contributed by atoms with Crippen LogP contribution in [-0.2, 0) is 0 Å². The van der Waals surface area contributed by atoms with Gasteiger partial charge in [-0.05, 0) is 42.0 Å². The van der Waals surface area contributed by atoms with E-state index in [1.165, 1.54) is 12.1 Å². The SMILES string of the molecule is O=c1oc2ccccc2c2c1C(c1ccc(F)cc1)c1c(c3ccccc3oc1=O)O2. The zero-order valence-electron chi connectivity index (χ0n) is 15.9. The zero-order valence-corrected chi connectivity index (χ0v) is 15.9. The van der Waals surface area contributed by atoms with Gasteiger partial charge in [-0.15, -0.1) is 0 Å². The van der Waals surface area contributed by atoms with Crippen LogP contribution in [0.2, 0.25) is 0 Å². The summed E-state index contributed by atoms with van der Waals surface area (Å²) in [6.07, 6.45) is 0. The summed E-state index contributed by atoms with van der Waals surface area (Å²) in [5.41, 5.74) is 0.417. The number of para-hydroxylation sites is 2. The van der Waals surface area contributed by atoms with E-state index in [-0.39, 0.29) is 11.1 Å². The van der Waals surface area contributed by atoms with Crippen LogP contribution in [-0.4, -0.2) is 0 Å². The number of ether oxygens (including phenoxy) is 1. The van der Waals surface area contributed by atoms with Crippen molar-refractivity contribution >= 4 is 21.9 Å².